The van der Waals surface area contributed by atoms with Crippen molar-refractivity contribution in [3.63, 3.8) is 0 Å². The molecule has 1 aromatic rings. The van der Waals surface area contributed by atoms with Gasteiger partial charge in [-0.15, -0.1) is 6.42 Å². The van der Waals surface area contributed by atoms with Crippen LogP contribution in [0.4, 0.5) is 4.79 Å². The van der Waals surface area contributed by atoms with Crippen molar-refractivity contribution >= 4 is 30.5 Å². The highest BCUT2D eigenvalue weighted by Gasteiger charge is 2.40. The number of ether oxygens (including phenoxy) is 1. The van der Waals surface area contributed by atoms with Crippen LogP contribution in [-0.2, 0) is 14.3 Å². The zero-order valence-electron chi connectivity index (χ0n) is 23.8. The average Bonchev–Trinajstić information content (AvgIpc) is 2.76. The Morgan fingerprint density at radius 2 is 1.65 bits per heavy atom. The normalized spacial score (nSPS) is 14.2. The van der Waals surface area contributed by atoms with Crippen LogP contribution in [0.3, 0.4) is 0 Å². The van der Waals surface area contributed by atoms with Gasteiger partial charge >= 0.3 is 6.09 Å². The molecule has 1 rings (SSSR count). The number of rotatable bonds is 10. The second-order valence-electron chi connectivity index (χ2n) is 11.8. The third-order valence-corrected chi connectivity index (χ3v) is 5.86. The smallest absolute Gasteiger partial charge is 0.408 e. The number of hydrogen-bond acceptors (Lipinski definition) is 5. The van der Waals surface area contributed by atoms with Crippen molar-refractivity contribution in [2.75, 3.05) is 5.75 Å². The predicted octanol–water partition coefficient (Wildman–Crippen LogP) is 5.10. The van der Waals surface area contributed by atoms with E-state index in [1.54, 1.807) is 49.9 Å². The molecule has 0 aromatic heterocycles. The molecule has 0 aliphatic rings. The maximum atomic E-state index is 14.1. The lowest BCUT2D eigenvalue weighted by Gasteiger charge is -2.40. The van der Waals surface area contributed by atoms with Gasteiger partial charge in [0, 0.05) is 22.9 Å². The maximum Gasteiger partial charge on any atom is 0.408 e. The van der Waals surface area contributed by atoms with E-state index >= 15 is 0 Å². The van der Waals surface area contributed by atoms with Crippen molar-refractivity contribution in [3.8, 4) is 12.3 Å². The van der Waals surface area contributed by atoms with Gasteiger partial charge in [-0.1, -0.05) is 38.0 Å². The first-order valence-corrected chi connectivity index (χ1v) is 13.4. The fraction of sp³-hybridized carbons (Fsp3) is 0.621. The number of benzene rings is 1. The van der Waals surface area contributed by atoms with Crippen molar-refractivity contribution in [3.05, 3.63) is 35.4 Å². The van der Waals surface area contributed by atoms with Crippen LogP contribution in [0.25, 0.3) is 0 Å². The van der Waals surface area contributed by atoms with E-state index in [1.165, 1.54) is 0 Å². The molecule has 1 aromatic carbocycles. The summed E-state index contributed by atoms with van der Waals surface area (Å²) < 4.78 is 5.37. The monoisotopic (exact) mass is 531 g/mol. The zero-order chi connectivity index (χ0) is 28.6. The molecular weight excluding hydrogens is 486 g/mol. The first-order valence-electron chi connectivity index (χ1n) is 12.8. The summed E-state index contributed by atoms with van der Waals surface area (Å²) in [5, 5.41) is 5.66. The standard InChI is InChI=1S/C29H45N3O4S/c1-11-21-14-12-13-15-22(21)24(25(33)31-28(5,6)7)32(20(4)17-16-19(2)3)26(34)23(18-37)30-27(35)36-29(8,9)10/h1,12-15,19-20,23-24,37H,16-18H2,2-10H3,(H,30,35)(H,31,33). The number of amides is 3. The SMILES string of the molecule is C#Cc1ccccc1C(C(=O)NC(C)(C)C)N(C(=O)C(CS)NC(=O)OC(C)(C)C)C(C)CCC(C)C. The largest absolute Gasteiger partial charge is 0.444 e. The Bertz CT molecular complexity index is 973. The topological polar surface area (TPSA) is 87.7 Å². The van der Waals surface area contributed by atoms with Crippen molar-refractivity contribution < 1.29 is 19.1 Å². The van der Waals surface area contributed by atoms with Gasteiger partial charge in [0.15, 0.2) is 0 Å². The molecule has 7 nitrogen and oxygen atoms in total. The second kappa shape index (κ2) is 13.8. The van der Waals surface area contributed by atoms with E-state index in [-0.39, 0.29) is 17.7 Å². The molecule has 3 atom stereocenters. The lowest BCUT2D eigenvalue weighted by molar-refractivity contribution is -0.145. The van der Waals surface area contributed by atoms with Gasteiger partial charge in [0.05, 0.1) is 0 Å². The third kappa shape index (κ3) is 10.7. The molecule has 0 saturated carbocycles. The number of terminal acetylenes is 1. The Kier molecular flexibility index (Phi) is 12.0. The van der Waals surface area contributed by atoms with E-state index < -0.39 is 35.2 Å². The van der Waals surface area contributed by atoms with Crippen LogP contribution in [0.2, 0.25) is 0 Å². The van der Waals surface area contributed by atoms with Gasteiger partial charge in [-0.3, -0.25) is 9.59 Å². The zero-order valence-corrected chi connectivity index (χ0v) is 24.7. The van der Waals surface area contributed by atoms with Crippen LogP contribution in [0, 0.1) is 18.3 Å². The minimum atomic E-state index is -1.01. The van der Waals surface area contributed by atoms with Gasteiger partial charge in [0.25, 0.3) is 0 Å². The number of hydrogen-bond donors (Lipinski definition) is 3. The molecule has 2 N–H and O–H groups in total. The highest BCUT2D eigenvalue weighted by molar-refractivity contribution is 7.80. The summed E-state index contributed by atoms with van der Waals surface area (Å²) in [6, 6.07) is 4.76. The van der Waals surface area contributed by atoms with Crippen LogP contribution in [-0.4, -0.2) is 51.8 Å². The van der Waals surface area contributed by atoms with Crippen LogP contribution in [0.1, 0.15) is 92.3 Å². The first kappa shape index (κ1) is 32.4. The van der Waals surface area contributed by atoms with Gasteiger partial charge < -0.3 is 20.3 Å². The molecule has 0 bridgehead atoms. The van der Waals surface area contributed by atoms with E-state index in [0.717, 1.165) is 6.42 Å². The number of nitrogens with zero attached hydrogens (tertiary/aromatic N) is 1. The predicted molar refractivity (Wildman–Crippen MR) is 152 cm³/mol. The quantitative estimate of drug-likeness (QED) is 0.290. The number of nitrogens with one attached hydrogen (secondary N) is 2. The van der Waals surface area contributed by atoms with Gasteiger partial charge in [-0.25, -0.2) is 4.79 Å². The Balaban J connectivity index is 3.65. The molecule has 3 unspecified atom stereocenters. The minimum Gasteiger partial charge on any atom is -0.444 e. The molecule has 0 aliphatic carbocycles. The molecule has 0 aliphatic heterocycles. The Hall–Kier alpha value is -2.66. The molecule has 8 heteroatoms. The van der Waals surface area contributed by atoms with Crippen LogP contribution < -0.4 is 10.6 Å². The average molecular weight is 532 g/mol. The van der Waals surface area contributed by atoms with E-state index in [0.29, 0.717) is 23.5 Å². The Morgan fingerprint density at radius 3 is 2.14 bits per heavy atom. The number of thiol groups is 1. The fourth-order valence-electron chi connectivity index (χ4n) is 3.85. The van der Waals surface area contributed by atoms with E-state index in [4.69, 9.17) is 11.2 Å². The fourth-order valence-corrected chi connectivity index (χ4v) is 4.10. The summed E-state index contributed by atoms with van der Waals surface area (Å²) >= 11 is 4.35. The summed E-state index contributed by atoms with van der Waals surface area (Å²) in [5.74, 6) is 2.30. The first-order chi connectivity index (χ1) is 17.0. The summed E-state index contributed by atoms with van der Waals surface area (Å²) in [4.78, 5) is 42.1. The molecule has 0 spiro atoms. The van der Waals surface area contributed by atoms with Gasteiger partial charge in [0.1, 0.15) is 17.7 Å². The summed E-state index contributed by atoms with van der Waals surface area (Å²) in [7, 11) is 0. The van der Waals surface area contributed by atoms with Crippen LogP contribution >= 0.6 is 12.6 Å². The highest BCUT2D eigenvalue weighted by atomic mass is 32.1. The summed E-state index contributed by atoms with van der Waals surface area (Å²) in [6.45, 7) is 17.0. The number of alkyl carbamates (subject to hydrolysis) is 1. The lowest BCUT2D eigenvalue weighted by Crippen LogP contribution is -2.57. The maximum absolute atomic E-state index is 14.1. The summed E-state index contributed by atoms with van der Waals surface area (Å²) in [6.07, 6.45) is 6.59. The van der Waals surface area contributed by atoms with Crippen molar-refractivity contribution in [1.82, 2.24) is 15.5 Å². The van der Waals surface area contributed by atoms with Gasteiger partial charge in [-0.05, 0) is 78.9 Å². The minimum absolute atomic E-state index is 0.0237. The van der Waals surface area contributed by atoms with E-state index in [9.17, 15) is 14.4 Å². The van der Waals surface area contributed by atoms with Gasteiger partial charge in [0.2, 0.25) is 11.8 Å². The Morgan fingerprint density at radius 1 is 1.05 bits per heavy atom. The summed E-state index contributed by atoms with van der Waals surface area (Å²) in [5.41, 5.74) is -0.215. The molecule has 3 amide bonds. The molecule has 37 heavy (non-hydrogen) atoms. The van der Waals surface area contributed by atoms with Crippen molar-refractivity contribution in [2.45, 2.75) is 104 Å². The lowest BCUT2D eigenvalue weighted by atomic mass is 9.93. The van der Waals surface area contributed by atoms with E-state index in [1.807, 2.05) is 27.7 Å². The third-order valence-electron chi connectivity index (χ3n) is 5.50. The van der Waals surface area contributed by atoms with Crippen molar-refractivity contribution in [2.24, 2.45) is 5.92 Å². The second-order valence-corrected chi connectivity index (χ2v) is 12.2. The molecule has 0 heterocycles. The number of carbonyl (C=O) groups is 3. The Labute approximate surface area is 228 Å². The van der Waals surface area contributed by atoms with Crippen LogP contribution in [0.5, 0.6) is 0 Å². The van der Waals surface area contributed by atoms with E-state index in [2.05, 4.69) is 43.0 Å². The number of carbonyl (C=O) groups excluding carboxylic acids is 3. The van der Waals surface area contributed by atoms with Crippen molar-refractivity contribution in [1.29, 1.82) is 0 Å². The highest BCUT2D eigenvalue weighted by Crippen LogP contribution is 2.30. The van der Waals surface area contributed by atoms with Gasteiger partial charge in [-0.2, -0.15) is 12.6 Å². The van der Waals surface area contributed by atoms with Crippen LogP contribution in [0.15, 0.2) is 24.3 Å². The molecule has 206 valence electrons. The molecule has 0 radical (unpaired) electrons. The molecular formula is C29H45N3O4S. The molecule has 0 fully saturated rings. The molecule has 0 saturated heterocycles.